The Kier molecular flexibility index (Phi) is 4.12. The van der Waals surface area contributed by atoms with Crippen LogP contribution in [0.4, 0.5) is 0 Å². The molecule has 78 valence electrons. The number of ether oxygens (including phenoxy) is 2. The number of hydrogen-bond donors (Lipinski definition) is 2. The van der Waals surface area contributed by atoms with Gasteiger partial charge in [-0.2, -0.15) is 0 Å². The van der Waals surface area contributed by atoms with Crippen molar-refractivity contribution in [3.8, 4) is 0 Å². The molecular formula is C9H19NO3. The molecule has 0 aromatic carbocycles. The molecule has 1 atom stereocenters. The Labute approximate surface area is 79.0 Å². The zero-order chi connectivity index (χ0) is 9.73. The van der Waals surface area contributed by atoms with Gasteiger partial charge in [0.25, 0.3) is 0 Å². The molecule has 0 aromatic heterocycles. The molecule has 0 spiro atoms. The largest absolute Gasteiger partial charge is 0.390 e. The highest BCUT2D eigenvalue weighted by Gasteiger charge is 2.38. The van der Waals surface area contributed by atoms with E-state index in [0.717, 1.165) is 12.8 Å². The molecule has 1 fully saturated rings. The van der Waals surface area contributed by atoms with E-state index in [9.17, 15) is 5.11 Å². The lowest BCUT2D eigenvalue weighted by Crippen LogP contribution is -2.47. The number of nitrogens with two attached hydrogens (primary N) is 1. The van der Waals surface area contributed by atoms with E-state index in [1.54, 1.807) is 7.11 Å². The molecule has 0 amide bonds. The van der Waals surface area contributed by atoms with Crippen molar-refractivity contribution < 1.29 is 14.6 Å². The van der Waals surface area contributed by atoms with E-state index < -0.39 is 6.10 Å². The van der Waals surface area contributed by atoms with Gasteiger partial charge in [0.1, 0.15) is 0 Å². The van der Waals surface area contributed by atoms with Crippen molar-refractivity contribution in [3.05, 3.63) is 0 Å². The molecule has 0 radical (unpaired) electrons. The van der Waals surface area contributed by atoms with Crippen LogP contribution in [0.25, 0.3) is 0 Å². The van der Waals surface area contributed by atoms with Crippen molar-refractivity contribution in [3.63, 3.8) is 0 Å². The second-order valence-electron chi connectivity index (χ2n) is 3.65. The van der Waals surface area contributed by atoms with Gasteiger partial charge >= 0.3 is 0 Å². The van der Waals surface area contributed by atoms with Crippen molar-refractivity contribution in [2.24, 2.45) is 11.1 Å². The quantitative estimate of drug-likeness (QED) is 0.640. The van der Waals surface area contributed by atoms with E-state index >= 15 is 0 Å². The van der Waals surface area contributed by atoms with Gasteiger partial charge in [0.05, 0.1) is 12.7 Å². The first-order valence-corrected chi connectivity index (χ1v) is 4.70. The molecule has 0 saturated carbocycles. The molecule has 1 rings (SSSR count). The summed E-state index contributed by atoms with van der Waals surface area (Å²) in [6, 6.07) is 0. The lowest BCUT2D eigenvalue weighted by molar-refractivity contribution is -0.0812. The normalized spacial score (nSPS) is 24.2. The van der Waals surface area contributed by atoms with Crippen molar-refractivity contribution >= 4 is 0 Å². The van der Waals surface area contributed by atoms with E-state index in [2.05, 4.69) is 0 Å². The first-order chi connectivity index (χ1) is 6.25. The summed E-state index contributed by atoms with van der Waals surface area (Å²) in [7, 11) is 1.59. The lowest BCUT2D eigenvalue weighted by Gasteiger charge is -2.39. The van der Waals surface area contributed by atoms with Crippen LogP contribution in [-0.4, -0.2) is 44.7 Å². The molecule has 4 heteroatoms. The zero-order valence-electron chi connectivity index (χ0n) is 8.16. The second-order valence-corrected chi connectivity index (χ2v) is 3.65. The summed E-state index contributed by atoms with van der Waals surface area (Å²) in [4.78, 5) is 0. The van der Waals surface area contributed by atoms with E-state index in [0.29, 0.717) is 26.4 Å². The Balaban J connectivity index is 2.55. The summed E-state index contributed by atoms with van der Waals surface area (Å²) < 4.78 is 10.2. The minimum absolute atomic E-state index is 0.186. The van der Waals surface area contributed by atoms with Crippen LogP contribution in [0, 0.1) is 5.41 Å². The van der Waals surface area contributed by atoms with Gasteiger partial charge < -0.3 is 20.3 Å². The second kappa shape index (κ2) is 4.91. The van der Waals surface area contributed by atoms with E-state index in [1.807, 2.05) is 0 Å². The predicted octanol–water partition coefficient (Wildman–Crippen LogP) is -0.251. The fourth-order valence-electron chi connectivity index (χ4n) is 1.79. The van der Waals surface area contributed by atoms with Gasteiger partial charge in [-0.05, 0) is 12.8 Å². The number of methoxy groups -OCH3 is 1. The van der Waals surface area contributed by atoms with Crippen LogP contribution in [0.1, 0.15) is 12.8 Å². The number of rotatable bonds is 4. The molecular weight excluding hydrogens is 170 g/mol. The van der Waals surface area contributed by atoms with Gasteiger partial charge in [-0.25, -0.2) is 0 Å². The maximum absolute atomic E-state index is 9.86. The molecule has 0 aromatic rings. The Morgan fingerprint density at radius 1 is 1.54 bits per heavy atom. The van der Waals surface area contributed by atoms with Gasteiger partial charge in [0, 0.05) is 32.3 Å². The maximum atomic E-state index is 9.86. The standard InChI is InChI=1S/C9H19NO3/c1-12-6-8(11)9(7-10)2-4-13-5-3-9/h8,11H,2-7,10H2,1H3/t8-/m0/s1. The Morgan fingerprint density at radius 2 is 2.15 bits per heavy atom. The first-order valence-electron chi connectivity index (χ1n) is 4.70. The van der Waals surface area contributed by atoms with E-state index in [1.165, 1.54) is 0 Å². The van der Waals surface area contributed by atoms with Crippen molar-refractivity contribution in [2.75, 3.05) is 33.5 Å². The third kappa shape index (κ3) is 2.40. The van der Waals surface area contributed by atoms with E-state index in [-0.39, 0.29) is 5.41 Å². The first kappa shape index (κ1) is 10.9. The Morgan fingerprint density at radius 3 is 2.62 bits per heavy atom. The van der Waals surface area contributed by atoms with Crippen molar-refractivity contribution in [2.45, 2.75) is 18.9 Å². The van der Waals surface area contributed by atoms with Gasteiger partial charge in [-0.1, -0.05) is 0 Å². The minimum Gasteiger partial charge on any atom is -0.390 e. The molecule has 1 saturated heterocycles. The predicted molar refractivity (Wildman–Crippen MR) is 49.4 cm³/mol. The highest BCUT2D eigenvalue weighted by molar-refractivity contribution is 4.89. The molecule has 0 aliphatic carbocycles. The summed E-state index contributed by atoms with van der Waals surface area (Å²) in [6.45, 7) is 2.24. The maximum Gasteiger partial charge on any atom is 0.0843 e. The van der Waals surface area contributed by atoms with Gasteiger partial charge in [0.15, 0.2) is 0 Å². The fourth-order valence-corrected chi connectivity index (χ4v) is 1.79. The average molecular weight is 189 g/mol. The fraction of sp³-hybridized carbons (Fsp3) is 1.00. The lowest BCUT2D eigenvalue weighted by atomic mass is 9.75. The molecule has 3 N–H and O–H groups in total. The van der Waals surface area contributed by atoms with Crippen LogP contribution in [0.5, 0.6) is 0 Å². The number of hydrogen-bond acceptors (Lipinski definition) is 4. The third-order valence-electron chi connectivity index (χ3n) is 2.93. The molecule has 0 bridgehead atoms. The summed E-state index contributed by atoms with van der Waals surface area (Å²) in [6.07, 6.45) is 1.19. The van der Waals surface area contributed by atoms with Crippen molar-refractivity contribution in [1.29, 1.82) is 0 Å². The Hall–Kier alpha value is -0.160. The minimum atomic E-state index is -0.466. The van der Waals surface area contributed by atoms with Crippen LogP contribution >= 0.6 is 0 Å². The summed E-state index contributed by atoms with van der Waals surface area (Å²) >= 11 is 0. The monoisotopic (exact) mass is 189 g/mol. The summed E-state index contributed by atoms with van der Waals surface area (Å²) in [5, 5.41) is 9.86. The topological polar surface area (TPSA) is 64.7 Å². The highest BCUT2D eigenvalue weighted by atomic mass is 16.5. The van der Waals surface area contributed by atoms with Crippen LogP contribution < -0.4 is 5.73 Å². The van der Waals surface area contributed by atoms with Crippen LogP contribution in [0.3, 0.4) is 0 Å². The smallest absolute Gasteiger partial charge is 0.0843 e. The third-order valence-corrected chi connectivity index (χ3v) is 2.93. The van der Waals surface area contributed by atoms with Crippen LogP contribution in [-0.2, 0) is 9.47 Å². The molecule has 4 nitrogen and oxygen atoms in total. The Bertz CT molecular complexity index is 146. The molecule has 1 aliphatic heterocycles. The summed E-state index contributed by atoms with van der Waals surface area (Å²) in [5.74, 6) is 0. The van der Waals surface area contributed by atoms with Gasteiger partial charge in [-0.15, -0.1) is 0 Å². The van der Waals surface area contributed by atoms with E-state index in [4.69, 9.17) is 15.2 Å². The van der Waals surface area contributed by atoms with Crippen LogP contribution in [0.15, 0.2) is 0 Å². The molecule has 13 heavy (non-hydrogen) atoms. The average Bonchev–Trinajstić information content (AvgIpc) is 2.19. The molecule has 1 heterocycles. The molecule has 1 aliphatic rings. The van der Waals surface area contributed by atoms with Crippen LogP contribution in [0.2, 0.25) is 0 Å². The molecule has 0 unspecified atom stereocenters. The zero-order valence-corrected chi connectivity index (χ0v) is 8.16. The summed E-state index contributed by atoms with van der Waals surface area (Å²) in [5.41, 5.74) is 5.51. The highest BCUT2D eigenvalue weighted by Crippen LogP contribution is 2.33. The van der Waals surface area contributed by atoms with Gasteiger partial charge in [-0.3, -0.25) is 0 Å². The van der Waals surface area contributed by atoms with Crippen molar-refractivity contribution in [1.82, 2.24) is 0 Å². The van der Waals surface area contributed by atoms with Gasteiger partial charge in [0.2, 0.25) is 0 Å². The number of aliphatic hydroxyl groups excluding tert-OH is 1. The number of aliphatic hydroxyl groups is 1. The SMILES string of the molecule is COC[C@H](O)C1(CN)CCOCC1.